The van der Waals surface area contributed by atoms with Gasteiger partial charge in [0, 0.05) is 11.9 Å². The van der Waals surface area contributed by atoms with Gasteiger partial charge in [0.15, 0.2) is 0 Å². The first-order valence-corrected chi connectivity index (χ1v) is 8.43. The summed E-state index contributed by atoms with van der Waals surface area (Å²) in [6.45, 7) is 0.146. The number of rotatable bonds is 4. The van der Waals surface area contributed by atoms with Gasteiger partial charge in [-0.15, -0.1) is 11.6 Å². The van der Waals surface area contributed by atoms with Crippen LogP contribution >= 0.6 is 11.6 Å². The van der Waals surface area contributed by atoms with Crippen LogP contribution in [0.2, 0.25) is 0 Å². The molecule has 0 aliphatic heterocycles. The molecule has 1 aromatic carbocycles. The monoisotopic (exact) mass is 341 g/mol. The molecule has 0 amide bonds. The van der Waals surface area contributed by atoms with Crippen molar-refractivity contribution in [2.24, 2.45) is 5.92 Å². The summed E-state index contributed by atoms with van der Waals surface area (Å²) >= 11 is 6.05. The molecule has 8 heteroatoms. The molecule has 2 atom stereocenters. The van der Waals surface area contributed by atoms with Crippen molar-refractivity contribution in [2.45, 2.75) is 35.7 Å². The zero-order chi connectivity index (χ0) is 15.7. The van der Waals surface area contributed by atoms with Gasteiger partial charge in [0.25, 0.3) is 0 Å². The van der Waals surface area contributed by atoms with E-state index in [2.05, 4.69) is 4.72 Å². The zero-order valence-corrected chi connectivity index (χ0v) is 12.6. The van der Waals surface area contributed by atoms with Crippen molar-refractivity contribution < 1.29 is 21.6 Å². The minimum Gasteiger partial charge on any atom is -0.211 e. The molecule has 1 saturated carbocycles. The van der Waals surface area contributed by atoms with E-state index in [1.165, 1.54) is 0 Å². The van der Waals surface area contributed by atoms with Crippen molar-refractivity contribution in [1.29, 1.82) is 0 Å². The molecule has 0 heterocycles. The van der Waals surface area contributed by atoms with E-state index >= 15 is 0 Å². The molecule has 0 radical (unpaired) electrons. The van der Waals surface area contributed by atoms with Gasteiger partial charge in [0.05, 0.1) is 10.5 Å². The van der Waals surface area contributed by atoms with Gasteiger partial charge in [0.1, 0.15) is 0 Å². The Morgan fingerprint density at radius 1 is 1.29 bits per heavy atom. The minimum absolute atomic E-state index is 0.0206. The largest absolute Gasteiger partial charge is 0.416 e. The minimum atomic E-state index is -4.57. The summed E-state index contributed by atoms with van der Waals surface area (Å²) in [5, 5.41) is -0.0887. The molecule has 1 N–H and O–H groups in total. The van der Waals surface area contributed by atoms with Gasteiger partial charge in [-0.2, -0.15) is 13.2 Å². The van der Waals surface area contributed by atoms with Crippen molar-refractivity contribution in [3.63, 3.8) is 0 Å². The quantitative estimate of drug-likeness (QED) is 0.853. The van der Waals surface area contributed by atoms with Gasteiger partial charge < -0.3 is 0 Å². The van der Waals surface area contributed by atoms with E-state index in [9.17, 15) is 21.6 Å². The van der Waals surface area contributed by atoms with Crippen LogP contribution in [-0.2, 0) is 16.2 Å². The van der Waals surface area contributed by atoms with Crippen LogP contribution in [0.25, 0.3) is 0 Å². The third-order valence-electron chi connectivity index (χ3n) is 3.57. The summed E-state index contributed by atoms with van der Waals surface area (Å²) in [4.78, 5) is -0.388. The number of hydrogen-bond acceptors (Lipinski definition) is 2. The number of sulfonamides is 1. The summed E-state index contributed by atoms with van der Waals surface area (Å²) < 4.78 is 64.3. The van der Waals surface area contributed by atoms with Gasteiger partial charge in [0.2, 0.25) is 10.0 Å². The van der Waals surface area contributed by atoms with Gasteiger partial charge in [-0.3, -0.25) is 0 Å². The van der Waals surface area contributed by atoms with Crippen LogP contribution in [0.3, 0.4) is 0 Å². The van der Waals surface area contributed by atoms with Crippen molar-refractivity contribution in [2.75, 3.05) is 6.54 Å². The van der Waals surface area contributed by atoms with Crippen molar-refractivity contribution in [3.8, 4) is 0 Å². The highest BCUT2D eigenvalue weighted by Gasteiger charge is 2.32. The second-order valence-electron chi connectivity index (χ2n) is 5.08. The van der Waals surface area contributed by atoms with Crippen molar-refractivity contribution in [1.82, 2.24) is 4.72 Å². The van der Waals surface area contributed by atoms with Gasteiger partial charge >= 0.3 is 6.18 Å². The molecule has 21 heavy (non-hydrogen) atoms. The van der Waals surface area contributed by atoms with E-state index in [0.717, 1.165) is 37.5 Å². The van der Waals surface area contributed by atoms with Gasteiger partial charge in [-0.1, -0.05) is 12.5 Å². The fourth-order valence-electron chi connectivity index (χ4n) is 2.36. The molecule has 1 aliphatic carbocycles. The van der Waals surface area contributed by atoms with E-state index in [0.29, 0.717) is 6.07 Å². The van der Waals surface area contributed by atoms with Crippen LogP contribution in [0, 0.1) is 5.92 Å². The van der Waals surface area contributed by atoms with E-state index in [1.807, 2.05) is 0 Å². The van der Waals surface area contributed by atoms with Crippen LogP contribution in [0.1, 0.15) is 24.8 Å². The molecule has 0 saturated heterocycles. The van der Waals surface area contributed by atoms with Crippen LogP contribution in [0.4, 0.5) is 13.2 Å². The van der Waals surface area contributed by atoms with E-state index in [4.69, 9.17) is 11.6 Å². The highest BCUT2D eigenvalue weighted by Crippen LogP contribution is 2.31. The maximum Gasteiger partial charge on any atom is 0.416 e. The Morgan fingerprint density at radius 2 is 2.00 bits per heavy atom. The fraction of sp³-hybridized carbons (Fsp3) is 0.538. The first kappa shape index (κ1) is 16.6. The Labute approximate surface area is 126 Å². The Kier molecular flexibility index (Phi) is 4.85. The lowest BCUT2D eigenvalue weighted by Crippen LogP contribution is -2.31. The lowest BCUT2D eigenvalue weighted by molar-refractivity contribution is -0.137. The fourth-order valence-corrected chi connectivity index (χ4v) is 3.87. The Morgan fingerprint density at radius 3 is 2.57 bits per heavy atom. The van der Waals surface area contributed by atoms with E-state index in [-0.39, 0.29) is 22.7 Å². The second kappa shape index (κ2) is 6.14. The van der Waals surface area contributed by atoms with Crippen LogP contribution in [-0.4, -0.2) is 20.3 Å². The Bertz CT molecular complexity index is 604. The molecule has 118 valence electrons. The molecule has 0 spiro atoms. The van der Waals surface area contributed by atoms with Crippen LogP contribution in [0.15, 0.2) is 29.2 Å². The highest BCUT2D eigenvalue weighted by atomic mass is 35.5. The second-order valence-corrected chi connectivity index (χ2v) is 7.41. The maximum absolute atomic E-state index is 12.6. The van der Waals surface area contributed by atoms with Crippen molar-refractivity contribution in [3.05, 3.63) is 29.8 Å². The average molecular weight is 342 g/mol. The maximum atomic E-state index is 12.6. The lowest BCUT2D eigenvalue weighted by atomic mass is 10.1. The number of nitrogens with one attached hydrogen (secondary N) is 1. The smallest absolute Gasteiger partial charge is 0.211 e. The third kappa shape index (κ3) is 4.11. The molecule has 1 aromatic rings. The molecular weight excluding hydrogens is 327 g/mol. The number of halogens is 4. The molecular formula is C13H15ClF3NO2S. The van der Waals surface area contributed by atoms with Gasteiger partial charge in [-0.25, -0.2) is 13.1 Å². The summed E-state index contributed by atoms with van der Waals surface area (Å²) in [5.41, 5.74) is -0.985. The average Bonchev–Trinajstić information content (AvgIpc) is 2.81. The predicted octanol–water partition coefficient (Wildman–Crippen LogP) is 3.39. The molecule has 2 unspecified atom stereocenters. The van der Waals surface area contributed by atoms with E-state index < -0.39 is 21.8 Å². The summed E-state index contributed by atoms with van der Waals surface area (Å²) in [5.74, 6) is 0.0206. The topological polar surface area (TPSA) is 46.2 Å². The number of benzene rings is 1. The normalized spacial score (nSPS) is 23.4. The molecule has 2 rings (SSSR count). The summed E-state index contributed by atoms with van der Waals surface area (Å²) in [6, 6.07) is 3.70. The molecule has 1 aliphatic rings. The summed E-state index contributed by atoms with van der Waals surface area (Å²) in [6.07, 6.45) is -1.99. The predicted molar refractivity (Wildman–Crippen MR) is 73.6 cm³/mol. The third-order valence-corrected chi connectivity index (χ3v) is 5.57. The SMILES string of the molecule is O=S(=O)(NCC1CCCC1Cl)c1cccc(C(F)(F)F)c1. The lowest BCUT2D eigenvalue weighted by Gasteiger charge is -2.15. The molecule has 3 nitrogen and oxygen atoms in total. The zero-order valence-electron chi connectivity index (χ0n) is 11.0. The Hall–Kier alpha value is -0.790. The van der Waals surface area contributed by atoms with Crippen LogP contribution < -0.4 is 4.72 Å². The standard InChI is InChI=1S/C13H15ClF3NO2S/c14-12-6-1-3-9(12)8-18-21(19,20)11-5-2-4-10(7-11)13(15,16)17/h2,4-5,7,9,12,18H,1,3,6,8H2. The summed E-state index contributed by atoms with van der Waals surface area (Å²) in [7, 11) is -3.96. The number of hydrogen-bond donors (Lipinski definition) is 1. The highest BCUT2D eigenvalue weighted by molar-refractivity contribution is 7.89. The van der Waals surface area contributed by atoms with Crippen LogP contribution in [0.5, 0.6) is 0 Å². The van der Waals surface area contributed by atoms with Crippen molar-refractivity contribution >= 4 is 21.6 Å². The molecule has 1 fully saturated rings. The van der Waals surface area contributed by atoms with E-state index in [1.54, 1.807) is 0 Å². The molecule has 0 aromatic heterocycles. The first-order chi connectivity index (χ1) is 9.70. The Balaban J connectivity index is 2.12. The van der Waals surface area contributed by atoms with Gasteiger partial charge in [-0.05, 0) is 37.0 Å². The first-order valence-electron chi connectivity index (χ1n) is 6.51. The molecule has 0 bridgehead atoms. The number of alkyl halides is 4.